The van der Waals surface area contributed by atoms with Crippen LogP contribution in [0.3, 0.4) is 0 Å². The van der Waals surface area contributed by atoms with Crippen LogP contribution in [0.1, 0.15) is 16.1 Å². The average Bonchev–Trinajstić information content (AvgIpc) is 3.42. The molecule has 5 heterocycles. The largest absolute Gasteiger partial charge is 0.465 e. The number of anilines is 3. The molecule has 4 aromatic heterocycles. The summed E-state index contributed by atoms with van der Waals surface area (Å²) in [6, 6.07) is 6.77. The summed E-state index contributed by atoms with van der Waals surface area (Å²) in [5, 5.41) is 26.6. The molecule has 4 aromatic rings. The lowest BCUT2D eigenvalue weighted by molar-refractivity contribution is 0.0743. The summed E-state index contributed by atoms with van der Waals surface area (Å²) in [4.78, 5) is 39.0. The van der Waals surface area contributed by atoms with E-state index in [1.54, 1.807) is 40.4 Å². The van der Waals surface area contributed by atoms with Gasteiger partial charge < -0.3 is 24.6 Å². The predicted molar refractivity (Wildman–Crippen MR) is 126 cm³/mol. The fraction of sp³-hybridized carbons (Fsp3) is 0.227. The third-order valence-corrected chi connectivity index (χ3v) is 5.78. The van der Waals surface area contributed by atoms with Gasteiger partial charge in [0.25, 0.3) is 5.91 Å². The first kappa shape index (κ1) is 22.6. The first-order valence-corrected chi connectivity index (χ1v) is 10.7. The third kappa shape index (κ3) is 3.78. The molecule has 0 radical (unpaired) electrons. The van der Waals surface area contributed by atoms with Crippen molar-refractivity contribution in [1.82, 2.24) is 34.2 Å². The van der Waals surface area contributed by atoms with Crippen molar-refractivity contribution in [3.63, 3.8) is 0 Å². The number of hydrogen-bond acceptors (Lipinski definition) is 9. The van der Waals surface area contributed by atoms with Crippen LogP contribution < -0.4 is 15.0 Å². The van der Waals surface area contributed by atoms with E-state index in [2.05, 4.69) is 31.4 Å². The number of carbonyl (C=O) groups is 2. The van der Waals surface area contributed by atoms with Gasteiger partial charge in [0, 0.05) is 46.0 Å². The molecular formula is C22H20N10O4. The number of hydrogen-bond donors (Lipinski definition) is 2. The van der Waals surface area contributed by atoms with Crippen LogP contribution in [-0.4, -0.2) is 71.9 Å². The lowest BCUT2D eigenvalue weighted by atomic mass is 10.2. The Morgan fingerprint density at radius 1 is 1.28 bits per heavy atom. The zero-order chi connectivity index (χ0) is 25.6. The van der Waals surface area contributed by atoms with Crippen molar-refractivity contribution in [2.75, 3.05) is 30.9 Å². The summed E-state index contributed by atoms with van der Waals surface area (Å²) >= 11 is 0. The highest BCUT2D eigenvalue weighted by Crippen LogP contribution is 2.32. The van der Waals surface area contributed by atoms with Gasteiger partial charge in [-0.1, -0.05) is 0 Å². The topological polar surface area (TPSA) is 167 Å². The number of likely N-dealkylation sites (N-methyl/N-ethyl adjacent to an activating group) is 1. The maximum atomic E-state index is 12.4. The van der Waals surface area contributed by atoms with Gasteiger partial charge >= 0.3 is 6.09 Å². The number of nitrogens with one attached hydrogen (secondary N) is 1. The van der Waals surface area contributed by atoms with Gasteiger partial charge in [-0.2, -0.15) is 15.3 Å². The van der Waals surface area contributed by atoms with E-state index in [0.717, 1.165) is 4.90 Å². The number of imidazole rings is 1. The highest BCUT2D eigenvalue weighted by Gasteiger charge is 2.25. The number of pyridine rings is 2. The van der Waals surface area contributed by atoms with E-state index < -0.39 is 6.09 Å². The second-order valence-electron chi connectivity index (χ2n) is 8.06. The van der Waals surface area contributed by atoms with Crippen LogP contribution in [0.25, 0.3) is 11.2 Å². The molecule has 182 valence electrons. The SMILES string of the molecule is CN1CCn2nc(Nc3nc4ncc(Oc5ccnc(N(C)C(=O)O)c5)c(C#N)c4n3C)cc2C1=O. The van der Waals surface area contributed by atoms with Gasteiger partial charge in [-0.05, 0) is 6.07 Å². The molecule has 0 aliphatic carbocycles. The summed E-state index contributed by atoms with van der Waals surface area (Å²) in [7, 11) is 4.81. The Kier molecular flexibility index (Phi) is 5.36. The van der Waals surface area contributed by atoms with E-state index in [-0.39, 0.29) is 28.8 Å². The summed E-state index contributed by atoms with van der Waals surface area (Å²) in [5.41, 5.74) is 1.40. The molecule has 1 aliphatic rings. The van der Waals surface area contributed by atoms with E-state index in [1.807, 2.05) is 0 Å². The Bertz CT molecular complexity index is 1570. The number of rotatable bonds is 5. The standard InChI is InChI=1S/C22H20N10O4/c1-29-6-7-32-14(20(29)33)9-16(28-32)26-21-27-19-18(31(21)3)13(10-23)15(11-25-19)36-12-4-5-24-17(8-12)30(2)22(34)35/h4-5,8-9,11H,6-7H2,1-3H3,(H,34,35)(H,25,26,27,28). The molecule has 2 amide bonds. The number of ether oxygens (including phenoxy) is 1. The first-order valence-electron chi connectivity index (χ1n) is 10.7. The number of carboxylic acid groups (broad SMARTS) is 1. The quantitative estimate of drug-likeness (QED) is 0.425. The number of aromatic nitrogens is 6. The van der Waals surface area contributed by atoms with Crippen LogP contribution in [-0.2, 0) is 13.6 Å². The Balaban J connectivity index is 1.47. The first-order chi connectivity index (χ1) is 17.3. The van der Waals surface area contributed by atoms with Crippen LogP contribution in [0.5, 0.6) is 11.5 Å². The summed E-state index contributed by atoms with van der Waals surface area (Å²) < 4.78 is 9.17. The minimum atomic E-state index is -1.18. The molecule has 14 nitrogen and oxygen atoms in total. The van der Waals surface area contributed by atoms with Crippen molar-refractivity contribution in [3.05, 3.63) is 41.9 Å². The van der Waals surface area contributed by atoms with E-state index in [0.29, 0.717) is 41.7 Å². The Morgan fingerprint density at radius 2 is 2.08 bits per heavy atom. The fourth-order valence-corrected chi connectivity index (χ4v) is 3.80. The highest BCUT2D eigenvalue weighted by atomic mass is 16.5. The van der Waals surface area contributed by atoms with Gasteiger partial charge in [0.2, 0.25) is 5.95 Å². The number of fused-ring (bicyclic) bond motifs is 2. The van der Waals surface area contributed by atoms with Gasteiger partial charge in [-0.15, -0.1) is 0 Å². The molecule has 1 aliphatic heterocycles. The molecular weight excluding hydrogens is 468 g/mol. The van der Waals surface area contributed by atoms with Crippen molar-refractivity contribution in [1.29, 1.82) is 5.26 Å². The zero-order valence-corrected chi connectivity index (χ0v) is 19.5. The molecule has 5 rings (SSSR count). The molecule has 14 heteroatoms. The van der Waals surface area contributed by atoms with E-state index in [9.17, 15) is 20.0 Å². The van der Waals surface area contributed by atoms with Crippen LogP contribution in [0.4, 0.5) is 22.4 Å². The highest BCUT2D eigenvalue weighted by molar-refractivity contribution is 5.94. The second kappa shape index (κ2) is 8.55. The van der Waals surface area contributed by atoms with Crippen LogP contribution >= 0.6 is 0 Å². The van der Waals surface area contributed by atoms with Gasteiger partial charge in [0.1, 0.15) is 34.4 Å². The zero-order valence-electron chi connectivity index (χ0n) is 19.5. The third-order valence-electron chi connectivity index (χ3n) is 5.78. The summed E-state index contributed by atoms with van der Waals surface area (Å²) in [6.45, 7) is 1.16. The molecule has 2 N–H and O–H groups in total. The maximum absolute atomic E-state index is 12.4. The van der Waals surface area contributed by atoms with Gasteiger partial charge in [0.15, 0.2) is 17.2 Å². The van der Waals surface area contributed by atoms with Crippen molar-refractivity contribution in [2.45, 2.75) is 6.54 Å². The minimum absolute atomic E-state index is 0.115. The normalized spacial score (nSPS) is 12.8. The number of amides is 2. The molecule has 0 aromatic carbocycles. The Morgan fingerprint density at radius 3 is 2.83 bits per heavy atom. The summed E-state index contributed by atoms with van der Waals surface area (Å²) in [6.07, 6.45) is 1.61. The summed E-state index contributed by atoms with van der Waals surface area (Å²) in [5.74, 6) is 1.30. The average molecular weight is 488 g/mol. The van der Waals surface area contributed by atoms with Crippen LogP contribution in [0.2, 0.25) is 0 Å². The monoisotopic (exact) mass is 488 g/mol. The predicted octanol–water partition coefficient (Wildman–Crippen LogP) is 2.17. The maximum Gasteiger partial charge on any atom is 0.412 e. The number of carbonyl (C=O) groups excluding carboxylic acids is 1. The Hall–Kier alpha value is -5.19. The van der Waals surface area contributed by atoms with Crippen LogP contribution in [0.15, 0.2) is 30.6 Å². The molecule has 36 heavy (non-hydrogen) atoms. The molecule has 0 saturated carbocycles. The smallest absolute Gasteiger partial charge is 0.412 e. The Labute approximate surface area is 204 Å². The fourth-order valence-electron chi connectivity index (χ4n) is 3.80. The second-order valence-corrected chi connectivity index (χ2v) is 8.06. The molecule has 0 bridgehead atoms. The van der Waals surface area contributed by atoms with E-state index in [4.69, 9.17) is 4.74 Å². The molecule has 0 atom stereocenters. The molecule has 0 spiro atoms. The van der Waals surface area contributed by atoms with Crippen molar-refractivity contribution < 1.29 is 19.4 Å². The van der Waals surface area contributed by atoms with Gasteiger partial charge in [-0.25, -0.2) is 14.8 Å². The molecule has 0 fully saturated rings. The molecule has 0 unspecified atom stereocenters. The van der Waals surface area contributed by atoms with Crippen molar-refractivity contribution >= 4 is 40.7 Å². The van der Waals surface area contributed by atoms with Crippen molar-refractivity contribution in [2.24, 2.45) is 7.05 Å². The van der Waals surface area contributed by atoms with Crippen LogP contribution in [0, 0.1) is 11.3 Å². The van der Waals surface area contributed by atoms with Crippen molar-refractivity contribution in [3.8, 4) is 17.6 Å². The molecule has 0 saturated heterocycles. The lowest BCUT2D eigenvalue weighted by Crippen LogP contribution is -2.37. The van der Waals surface area contributed by atoms with Gasteiger partial charge in [0.05, 0.1) is 12.7 Å². The van der Waals surface area contributed by atoms with E-state index in [1.165, 1.54) is 25.5 Å². The minimum Gasteiger partial charge on any atom is -0.465 e. The van der Waals surface area contributed by atoms with E-state index >= 15 is 0 Å². The lowest BCUT2D eigenvalue weighted by Gasteiger charge is -2.22. The van der Waals surface area contributed by atoms with Gasteiger partial charge in [-0.3, -0.25) is 14.4 Å². The number of nitriles is 1. The number of nitrogens with zero attached hydrogens (tertiary/aromatic N) is 9. The number of aryl methyl sites for hydroxylation is 1.